The maximum atomic E-state index is 12.0. The molecule has 0 bridgehead atoms. The van der Waals surface area contributed by atoms with Crippen LogP contribution in [0.25, 0.3) is 11.0 Å². The van der Waals surface area contributed by atoms with Gasteiger partial charge >= 0.3 is 5.63 Å². The molecule has 0 radical (unpaired) electrons. The molecule has 4 nitrogen and oxygen atoms in total. The fourth-order valence-electron chi connectivity index (χ4n) is 3.60. The van der Waals surface area contributed by atoms with Gasteiger partial charge in [-0.2, -0.15) is 0 Å². The number of phenols is 1. The summed E-state index contributed by atoms with van der Waals surface area (Å²) in [6, 6.07) is 3.29. The zero-order valence-electron chi connectivity index (χ0n) is 14.2. The molecule has 1 aromatic heterocycles. The van der Waals surface area contributed by atoms with Crippen LogP contribution in [0.2, 0.25) is 5.02 Å². The van der Waals surface area contributed by atoms with Crippen molar-refractivity contribution >= 4 is 22.6 Å². The Balaban J connectivity index is 2.10. The Bertz CT molecular complexity index is 778. The van der Waals surface area contributed by atoms with Crippen molar-refractivity contribution in [2.45, 2.75) is 52.0 Å². The molecule has 1 aliphatic heterocycles. The molecule has 3 rings (SSSR count). The SMILES string of the molecule is CCCCc1cc(=O)oc2c(C[NH+]3CCCCC3)c(O)c(Cl)cc12. The molecule has 1 fully saturated rings. The van der Waals surface area contributed by atoms with Crippen LogP contribution < -0.4 is 10.5 Å². The molecule has 0 aliphatic carbocycles. The quantitative estimate of drug-likeness (QED) is 0.815. The molecular formula is C19H25ClNO3+. The minimum absolute atomic E-state index is 0.0537. The van der Waals surface area contributed by atoms with E-state index in [1.54, 1.807) is 12.1 Å². The Morgan fingerprint density at radius 2 is 2.00 bits per heavy atom. The summed E-state index contributed by atoms with van der Waals surface area (Å²) in [4.78, 5) is 13.4. The van der Waals surface area contributed by atoms with Crippen LogP contribution in [0, 0.1) is 0 Å². The minimum atomic E-state index is -0.356. The molecule has 1 aromatic carbocycles. The number of piperidine rings is 1. The van der Waals surface area contributed by atoms with Gasteiger partial charge in [0.1, 0.15) is 12.3 Å². The Labute approximate surface area is 147 Å². The number of quaternary nitrogens is 1. The molecule has 0 unspecified atom stereocenters. The lowest BCUT2D eigenvalue weighted by Gasteiger charge is -2.24. The average Bonchev–Trinajstić information content (AvgIpc) is 2.58. The number of nitrogens with one attached hydrogen (secondary N) is 1. The zero-order valence-corrected chi connectivity index (χ0v) is 14.9. The monoisotopic (exact) mass is 350 g/mol. The number of rotatable bonds is 5. The molecule has 5 heteroatoms. The van der Waals surface area contributed by atoms with Gasteiger partial charge in [-0.05, 0) is 43.7 Å². The fourth-order valence-corrected chi connectivity index (χ4v) is 3.82. The maximum Gasteiger partial charge on any atom is 0.336 e. The van der Waals surface area contributed by atoms with Gasteiger partial charge in [-0.3, -0.25) is 0 Å². The highest BCUT2D eigenvalue weighted by atomic mass is 35.5. The van der Waals surface area contributed by atoms with Crippen LogP contribution in [0.3, 0.4) is 0 Å². The highest BCUT2D eigenvalue weighted by Crippen LogP contribution is 2.35. The smallest absolute Gasteiger partial charge is 0.336 e. The van der Waals surface area contributed by atoms with E-state index in [1.165, 1.54) is 24.2 Å². The van der Waals surface area contributed by atoms with Crippen molar-refractivity contribution in [1.29, 1.82) is 0 Å². The van der Waals surface area contributed by atoms with Crippen molar-refractivity contribution in [3.8, 4) is 5.75 Å². The second-order valence-electron chi connectivity index (χ2n) is 6.74. The van der Waals surface area contributed by atoms with E-state index in [-0.39, 0.29) is 11.4 Å². The van der Waals surface area contributed by atoms with Crippen molar-refractivity contribution in [3.05, 3.63) is 38.7 Å². The molecular weight excluding hydrogens is 326 g/mol. The summed E-state index contributed by atoms with van der Waals surface area (Å²) in [5.74, 6) is 0.0537. The molecule has 2 aromatic rings. The molecule has 1 aliphatic rings. The normalized spacial score (nSPS) is 15.9. The number of phenolic OH excluding ortho intramolecular Hbond substituents is 1. The second-order valence-corrected chi connectivity index (χ2v) is 7.15. The Morgan fingerprint density at radius 3 is 2.71 bits per heavy atom. The Kier molecular flexibility index (Phi) is 5.47. The first-order chi connectivity index (χ1) is 11.6. The number of benzene rings is 1. The number of fused-ring (bicyclic) bond motifs is 1. The van der Waals surface area contributed by atoms with Gasteiger partial charge in [-0.25, -0.2) is 4.79 Å². The van der Waals surface area contributed by atoms with Crippen LogP contribution in [-0.4, -0.2) is 18.2 Å². The standard InChI is InChI=1S/C19H24ClNO3/c1-2-3-7-13-10-17(22)24-19-14(13)11-16(20)18(23)15(19)12-21-8-5-4-6-9-21/h10-11,23H,2-9,12H2,1H3/p+1. The first-order valence-electron chi connectivity index (χ1n) is 8.90. The Hall–Kier alpha value is -1.52. The van der Waals surface area contributed by atoms with E-state index >= 15 is 0 Å². The van der Waals surface area contributed by atoms with Crippen molar-refractivity contribution in [2.24, 2.45) is 0 Å². The van der Waals surface area contributed by atoms with E-state index < -0.39 is 0 Å². The average molecular weight is 351 g/mol. The molecule has 0 atom stereocenters. The topological polar surface area (TPSA) is 54.9 Å². The third-order valence-electron chi connectivity index (χ3n) is 4.93. The van der Waals surface area contributed by atoms with Crippen molar-refractivity contribution in [1.82, 2.24) is 0 Å². The number of aryl methyl sites for hydroxylation is 1. The molecule has 0 saturated carbocycles. The van der Waals surface area contributed by atoms with Crippen LogP contribution in [0.5, 0.6) is 5.75 Å². The molecule has 24 heavy (non-hydrogen) atoms. The number of halogens is 1. The van der Waals surface area contributed by atoms with E-state index in [0.29, 0.717) is 22.7 Å². The summed E-state index contributed by atoms with van der Waals surface area (Å²) in [5.41, 5.74) is 1.78. The van der Waals surface area contributed by atoms with Gasteiger partial charge < -0.3 is 14.4 Å². The van der Waals surface area contributed by atoms with Crippen LogP contribution in [0.4, 0.5) is 0 Å². The van der Waals surface area contributed by atoms with Gasteiger partial charge in [0, 0.05) is 11.5 Å². The summed E-state index contributed by atoms with van der Waals surface area (Å²) in [6.07, 6.45) is 6.53. The maximum absolute atomic E-state index is 12.0. The fraction of sp³-hybridized carbons (Fsp3) is 0.526. The van der Waals surface area contributed by atoms with Crippen LogP contribution in [0.1, 0.15) is 50.2 Å². The molecule has 0 spiro atoms. The predicted molar refractivity (Wildman–Crippen MR) is 96.0 cm³/mol. The number of hydrogen-bond acceptors (Lipinski definition) is 3. The van der Waals surface area contributed by atoms with E-state index in [9.17, 15) is 9.90 Å². The van der Waals surface area contributed by atoms with Crippen LogP contribution >= 0.6 is 11.6 Å². The lowest BCUT2D eigenvalue weighted by molar-refractivity contribution is -0.918. The summed E-state index contributed by atoms with van der Waals surface area (Å²) in [7, 11) is 0. The largest absolute Gasteiger partial charge is 0.506 e. The van der Waals surface area contributed by atoms with Gasteiger partial charge in [0.15, 0.2) is 5.58 Å². The van der Waals surface area contributed by atoms with Crippen molar-refractivity contribution in [2.75, 3.05) is 13.1 Å². The number of hydrogen-bond donors (Lipinski definition) is 2. The second kappa shape index (κ2) is 7.58. The van der Waals surface area contributed by atoms with E-state index in [4.69, 9.17) is 16.0 Å². The predicted octanol–water partition coefficient (Wildman–Crippen LogP) is 3.06. The lowest BCUT2D eigenvalue weighted by Crippen LogP contribution is -3.11. The van der Waals surface area contributed by atoms with Crippen molar-refractivity contribution < 1.29 is 14.4 Å². The third kappa shape index (κ3) is 3.60. The summed E-state index contributed by atoms with van der Waals surface area (Å²) in [5, 5.41) is 11.7. The van der Waals surface area contributed by atoms with Gasteiger partial charge in [0.25, 0.3) is 0 Å². The first kappa shape index (κ1) is 17.3. The highest BCUT2D eigenvalue weighted by molar-refractivity contribution is 6.33. The number of likely N-dealkylation sites (tertiary alicyclic amines) is 1. The highest BCUT2D eigenvalue weighted by Gasteiger charge is 2.22. The lowest BCUT2D eigenvalue weighted by atomic mass is 10.0. The first-order valence-corrected chi connectivity index (χ1v) is 9.28. The molecule has 130 valence electrons. The van der Waals surface area contributed by atoms with Gasteiger partial charge in [0.2, 0.25) is 0 Å². The van der Waals surface area contributed by atoms with Gasteiger partial charge in [-0.1, -0.05) is 24.9 Å². The van der Waals surface area contributed by atoms with E-state index in [1.807, 2.05) is 0 Å². The Morgan fingerprint density at radius 1 is 1.25 bits per heavy atom. The van der Waals surface area contributed by atoms with E-state index in [0.717, 1.165) is 43.3 Å². The summed E-state index contributed by atoms with van der Waals surface area (Å²) >= 11 is 6.28. The van der Waals surface area contributed by atoms with Crippen LogP contribution in [0.15, 0.2) is 21.3 Å². The summed E-state index contributed by atoms with van der Waals surface area (Å²) < 4.78 is 5.50. The van der Waals surface area contributed by atoms with Gasteiger partial charge in [0.05, 0.1) is 23.7 Å². The van der Waals surface area contributed by atoms with Crippen molar-refractivity contribution in [3.63, 3.8) is 0 Å². The number of aromatic hydroxyl groups is 1. The molecule has 2 N–H and O–H groups in total. The number of unbranched alkanes of at least 4 members (excludes halogenated alkanes) is 1. The molecule has 2 heterocycles. The zero-order chi connectivity index (χ0) is 17.1. The van der Waals surface area contributed by atoms with E-state index in [2.05, 4.69) is 6.92 Å². The minimum Gasteiger partial charge on any atom is -0.506 e. The molecule has 1 saturated heterocycles. The summed E-state index contributed by atoms with van der Waals surface area (Å²) in [6.45, 7) is 4.92. The molecule has 0 amide bonds. The van der Waals surface area contributed by atoms with Crippen LogP contribution in [-0.2, 0) is 13.0 Å². The van der Waals surface area contributed by atoms with Gasteiger partial charge in [-0.15, -0.1) is 0 Å². The third-order valence-corrected chi connectivity index (χ3v) is 5.22.